The third-order valence-electron chi connectivity index (χ3n) is 3.13. The van der Waals surface area contributed by atoms with Crippen LogP contribution in [0, 0.1) is 0 Å². The first-order valence-corrected chi connectivity index (χ1v) is 7.85. The summed E-state index contributed by atoms with van der Waals surface area (Å²) in [4.78, 5) is 21.1. The van der Waals surface area contributed by atoms with Crippen molar-refractivity contribution < 1.29 is 4.79 Å². The zero-order valence-electron chi connectivity index (χ0n) is 12.1. The summed E-state index contributed by atoms with van der Waals surface area (Å²) in [5.74, 6) is -0.0499. The van der Waals surface area contributed by atoms with Gasteiger partial charge in [-0.2, -0.15) is 0 Å². The van der Waals surface area contributed by atoms with Gasteiger partial charge in [0.15, 0.2) is 0 Å². The average Bonchev–Trinajstić information content (AvgIpc) is 2.55. The van der Waals surface area contributed by atoms with Gasteiger partial charge in [0.2, 0.25) is 5.91 Å². The minimum absolute atomic E-state index is 0.0499. The van der Waals surface area contributed by atoms with Gasteiger partial charge in [0, 0.05) is 5.69 Å². The van der Waals surface area contributed by atoms with Crippen LogP contribution in [-0.2, 0) is 4.79 Å². The van der Waals surface area contributed by atoms with Crippen molar-refractivity contribution in [3.05, 3.63) is 60.8 Å². The largest absolute Gasteiger partial charge is 0.325 e. The molecular formula is C17H15N3OS. The second kappa shape index (κ2) is 6.58. The Labute approximate surface area is 133 Å². The van der Waals surface area contributed by atoms with Crippen LogP contribution in [0.2, 0.25) is 0 Å². The molecule has 2 aromatic carbocycles. The van der Waals surface area contributed by atoms with E-state index in [0.717, 1.165) is 21.7 Å². The average molecular weight is 309 g/mol. The Morgan fingerprint density at radius 2 is 1.73 bits per heavy atom. The highest BCUT2D eigenvalue weighted by Crippen LogP contribution is 2.23. The highest BCUT2D eigenvalue weighted by molar-refractivity contribution is 8.00. The molecule has 0 fully saturated rings. The fourth-order valence-electron chi connectivity index (χ4n) is 2.00. The van der Waals surface area contributed by atoms with Crippen LogP contribution >= 0.6 is 11.8 Å². The van der Waals surface area contributed by atoms with Gasteiger partial charge in [0.1, 0.15) is 5.03 Å². The summed E-state index contributed by atoms with van der Waals surface area (Å²) in [6.45, 7) is 1.86. The van der Waals surface area contributed by atoms with E-state index < -0.39 is 0 Å². The first-order valence-electron chi connectivity index (χ1n) is 6.97. The van der Waals surface area contributed by atoms with Gasteiger partial charge in [-0.3, -0.25) is 9.78 Å². The number of carbonyl (C=O) groups excluding carboxylic acids is 1. The Balaban J connectivity index is 1.69. The van der Waals surface area contributed by atoms with Crippen LogP contribution < -0.4 is 5.32 Å². The summed E-state index contributed by atoms with van der Waals surface area (Å²) in [5.41, 5.74) is 2.49. The summed E-state index contributed by atoms with van der Waals surface area (Å²) in [7, 11) is 0. The van der Waals surface area contributed by atoms with Crippen molar-refractivity contribution in [2.24, 2.45) is 0 Å². The standard InChI is InChI=1S/C17H15N3OS/c1-12(17(21)19-13-7-3-2-4-8-13)22-16-11-18-14-9-5-6-10-15(14)20-16/h2-12H,1H3,(H,19,21)/t12-/m1/s1. The zero-order valence-corrected chi connectivity index (χ0v) is 12.9. The summed E-state index contributed by atoms with van der Waals surface area (Å²) in [6.07, 6.45) is 1.71. The SMILES string of the molecule is C[C@@H](Sc1cnc2ccccc2n1)C(=O)Nc1ccccc1. The van der Waals surface area contributed by atoms with E-state index in [-0.39, 0.29) is 11.2 Å². The molecule has 0 bridgehead atoms. The Kier molecular flexibility index (Phi) is 4.34. The molecule has 110 valence electrons. The lowest BCUT2D eigenvalue weighted by molar-refractivity contribution is -0.115. The van der Waals surface area contributed by atoms with Crippen molar-refractivity contribution in [3.8, 4) is 0 Å². The van der Waals surface area contributed by atoms with E-state index in [9.17, 15) is 4.79 Å². The van der Waals surface area contributed by atoms with E-state index in [1.54, 1.807) is 6.20 Å². The summed E-state index contributed by atoms with van der Waals surface area (Å²) >= 11 is 1.40. The molecular weight excluding hydrogens is 294 g/mol. The third kappa shape index (κ3) is 3.43. The van der Waals surface area contributed by atoms with Gasteiger partial charge >= 0.3 is 0 Å². The number of carbonyl (C=O) groups is 1. The van der Waals surface area contributed by atoms with E-state index in [1.165, 1.54) is 11.8 Å². The van der Waals surface area contributed by atoms with Crippen LogP contribution in [0.4, 0.5) is 5.69 Å². The van der Waals surface area contributed by atoms with Crippen LogP contribution in [0.25, 0.3) is 11.0 Å². The van der Waals surface area contributed by atoms with Gasteiger partial charge in [-0.25, -0.2) is 4.98 Å². The van der Waals surface area contributed by atoms with Crippen LogP contribution in [0.5, 0.6) is 0 Å². The molecule has 1 N–H and O–H groups in total. The fraction of sp³-hybridized carbons (Fsp3) is 0.118. The molecule has 0 saturated carbocycles. The number of nitrogens with zero attached hydrogens (tertiary/aromatic N) is 2. The van der Waals surface area contributed by atoms with Crippen molar-refractivity contribution >= 4 is 34.4 Å². The van der Waals surface area contributed by atoms with Gasteiger partial charge in [0.05, 0.1) is 22.5 Å². The molecule has 1 aromatic heterocycles. The normalized spacial score (nSPS) is 12.0. The topological polar surface area (TPSA) is 54.9 Å². The van der Waals surface area contributed by atoms with Crippen LogP contribution in [0.15, 0.2) is 65.8 Å². The minimum atomic E-state index is -0.254. The van der Waals surface area contributed by atoms with Crippen LogP contribution in [0.1, 0.15) is 6.92 Å². The summed E-state index contributed by atoms with van der Waals surface area (Å²) in [6, 6.07) is 17.1. The lowest BCUT2D eigenvalue weighted by Gasteiger charge is -2.11. The Morgan fingerprint density at radius 3 is 2.50 bits per heavy atom. The zero-order chi connectivity index (χ0) is 15.4. The number of hydrogen-bond acceptors (Lipinski definition) is 4. The van der Waals surface area contributed by atoms with E-state index in [4.69, 9.17) is 0 Å². The number of anilines is 1. The molecule has 0 spiro atoms. The van der Waals surface area contributed by atoms with Crippen molar-refractivity contribution in [2.75, 3.05) is 5.32 Å². The molecule has 3 aromatic rings. The molecule has 0 aliphatic heterocycles. The molecule has 0 aliphatic rings. The maximum absolute atomic E-state index is 12.2. The highest BCUT2D eigenvalue weighted by atomic mass is 32.2. The van der Waals surface area contributed by atoms with Gasteiger partial charge < -0.3 is 5.32 Å². The van der Waals surface area contributed by atoms with Gasteiger partial charge in [-0.05, 0) is 31.2 Å². The molecule has 1 heterocycles. The minimum Gasteiger partial charge on any atom is -0.325 e. The molecule has 22 heavy (non-hydrogen) atoms. The summed E-state index contributed by atoms with van der Waals surface area (Å²) in [5, 5.41) is 3.38. The van der Waals surface area contributed by atoms with Crippen molar-refractivity contribution in [3.63, 3.8) is 0 Å². The van der Waals surface area contributed by atoms with Crippen molar-refractivity contribution in [1.29, 1.82) is 0 Å². The number of hydrogen-bond donors (Lipinski definition) is 1. The first kappa shape index (κ1) is 14.5. The Morgan fingerprint density at radius 1 is 1.05 bits per heavy atom. The molecule has 4 nitrogen and oxygen atoms in total. The number of aromatic nitrogens is 2. The maximum Gasteiger partial charge on any atom is 0.237 e. The van der Waals surface area contributed by atoms with Crippen LogP contribution in [-0.4, -0.2) is 21.1 Å². The van der Waals surface area contributed by atoms with E-state index >= 15 is 0 Å². The second-order valence-electron chi connectivity index (χ2n) is 4.81. The Bertz CT molecular complexity index is 792. The molecule has 1 atom stereocenters. The van der Waals surface area contributed by atoms with Crippen LogP contribution in [0.3, 0.4) is 0 Å². The number of benzene rings is 2. The smallest absolute Gasteiger partial charge is 0.237 e. The van der Waals surface area contributed by atoms with Crippen molar-refractivity contribution in [1.82, 2.24) is 9.97 Å². The lowest BCUT2D eigenvalue weighted by Crippen LogP contribution is -2.22. The number of nitrogens with one attached hydrogen (secondary N) is 1. The number of rotatable bonds is 4. The molecule has 5 heteroatoms. The van der Waals surface area contributed by atoms with E-state index in [1.807, 2.05) is 61.5 Å². The number of amides is 1. The predicted molar refractivity (Wildman–Crippen MR) is 89.9 cm³/mol. The predicted octanol–water partition coefficient (Wildman–Crippen LogP) is 3.75. The third-order valence-corrected chi connectivity index (χ3v) is 4.14. The molecule has 0 aliphatic carbocycles. The number of fused-ring (bicyclic) bond motifs is 1. The monoisotopic (exact) mass is 309 g/mol. The highest BCUT2D eigenvalue weighted by Gasteiger charge is 2.15. The van der Waals surface area contributed by atoms with E-state index in [2.05, 4.69) is 15.3 Å². The molecule has 1 amide bonds. The van der Waals surface area contributed by atoms with Gasteiger partial charge in [-0.15, -0.1) is 0 Å². The molecule has 3 rings (SSSR count). The number of thioether (sulfide) groups is 1. The second-order valence-corrected chi connectivity index (χ2v) is 6.17. The molecule has 0 saturated heterocycles. The van der Waals surface area contributed by atoms with Gasteiger partial charge in [0.25, 0.3) is 0 Å². The lowest BCUT2D eigenvalue weighted by atomic mass is 10.3. The van der Waals surface area contributed by atoms with E-state index in [0.29, 0.717) is 0 Å². The van der Waals surface area contributed by atoms with Crippen molar-refractivity contribution in [2.45, 2.75) is 17.2 Å². The van der Waals surface area contributed by atoms with Gasteiger partial charge in [-0.1, -0.05) is 42.1 Å². The first-order chi connectivity index (χ1) is 10.7. The molecule has 0 radical (unpaired) electrons. The quantitative estimate of drug-likeness (QED) is 0.746. The number of para-hydroxylation sites is 3. The maximum atomic E-state index is 12.2. The Hall–Kier alpha value is -2.40. The fourth-order valence-corrected chi connectivity index (χ4v) is 2.79. The molecule has 0 unspecified atom stereocenters. The summed E-state index contributed by atoms with van der Waals surface area (Å²) < 4.78 is 0.